The fourth-order valence-corrected chi connectivity index (χ4v) is 4.77. The Labute approximate surface area is 251 Å². The summed E-state index contributed by atoms with van der Waals surface area (Å²) in [5.41, 5.74) is 0. The van der Waals surface area contributed by atoms with Crippen molar-refractivity contribution in [1.82, 2.24) is 0 Å². The molecule has 1 fully saturated rings. The van der Waals surface area contributed by atoms with Crippen LogP contribution in [0, 0.1) is 0 Å². The van der Waals surface area contributed by atoms with Crippen LogP contribution in [0.25, 0.3) is 0 Å². The fourth-order valence-electron chi connectivity index (χ4n) is 4.77. The molecule has 0 spiro atoms. The number of carbonyl (C=O) groups is 4. The maximum absolute atomic E-state index is 12.1. The molecule has 0 radical (unpaired) electrons. The van der Waals surface area contributed by atoms with E-state index in [0.717, 1.165) is 0 Å². The van der Waals surface area contributed by atoms with Crippen molar-refractivity contribution in [2.75, 3.05) is 62.5 Å². The molecule has 0 aromatic carbocycles. The maximum Gasteiger partial charge on any atom is 0.303 e. The first kappa shape index (κ1) is 38.6. The highest BCUT2D eigenvalue weighted by atomic mass is 16.7. The van der Waals surface area contributed by atoms with Gasteiger partial charge in [-0.2, -0.15) is 0 Å². The number of rotatable bonds is 19. The fraction of sp³-hybridized carbons (Fsp3) is 0.852. The summed E-state index contributed by atoms with van der Waals surface area (Å²) in [6, 6.07) is 0. The topological polar surface area (TPSA) is 179 Å². The van der Waals surface area contributed by atoms with Gasteiger partial charge in [-0.25, -0.2) is 0 Å². The van der Waals surface area contributed by atoms with Crippen molar-refractivity contribution in [3.63, 3.8) is 0 Å². The molecule has 1 aliphatic heterocycles. The summed E-state index contributed by atoms with van der Waals surface area (Å²) in [6.07, 6.45) is -10.2. The van der Waals surface area contributed by atoms with Crippen LogP contribution in [0.2, 0.25) is 0 Å². The number of methoxy groups -OCH3 is 6. The van der Waals surface area contributed by atoms with Gasteiger partial charge in [0.05, 0.1) is 13.2 Å². The average molecular weight is 627 g/mol. The molecule has 0 N–H and O–H groups in total. The molecule has 1 heterocycles. The van der Waals surface area contributed by atoms with Crippen molar-refractivity contribution in [3.05, 3.63) is 0 Å². The SMILES string of the molecule is COC[C@@H](OC(C)=O)[C@H]1O[C@H](OC[C@@H](OC(C)=O)[C@@H](OC)[C@H](OC)[C@H](COC(C)=O)OC)[C@@H](OC)[C@@H](OC)[C@@H]1OC(C)=O. The zero-order chi connectivity index (χ0) is 32.7. The lowest BCUT2D eigenvalue weighted by Gasteiger charge is -2.46. The zero-order valence-corrected chi connectivity index (χ0v) is 26.4. The third-order valence-corrected chi connectivity index (χ3v) is 6.49. The highest BCUT2D eigenvalue weighted by molar-refractivity contribution is 5.67. The summed E-state index contributed by atoms with van der Waals surface area (Å²) in [6.45, 7) is 4.28. The molecular formula is C27H46O16. The van der Waals surface area contributed by atoms with Crippen LogP contribution in [-0.2, 0) is 76.0 Å². The van der Waals surface area contributed by atoms with Gasteiger partial charge in [0.1, 0.15) is 43.2 Å². The lowest BCUT2D eigenvalue weighted by atomic mass is 9.94. The van der Waals surface area contributed by atoms with Crippen LogP contribution in [0.15, 0.2) is 0 Å². The Kier molecular flexibility index (Phi) is 17.7. The van der Waals surface area contributed by atoms with Gasteiger partial charge in [-0.3, -0.25) is 19.2 Å². The van der Waals surface area contributed by atoms with Crippen molar-refractivity contribution < 1.29 is 76.0 Å². The van der Waals surface area contributed by atoms with Gasteiger partial charge in [0.2, 0.25) is 0 Å². The molecule has 0 unspecified atom stereocenters. The Morgan fingerprint density at radius 2 is 1.21 bits per heavy atom. The van der Waals surface area contributed by atoms with E-state index in [-0.39, 0.29) is 19.8 Å². The predicted octanol–water partition coefficient (Wildman–Crippen LogP) is -0.192. The molecule has 0 aliphatic carbocycles. The number of carbonyl (C=O) groups excluding carboxylic acids is 4. The molecule has 1 saturated heterocycles. The molecule has 16 heteroatoms. The smallest absolute Gasteiger partial charge is 0.303 e. The zero-order valence-electron chi connectivity index (χ0n) is 26.4. The second kappa shape index (κ2) is 19.8. The maximum atomic E-state index is 12.1. The summed E-state index contributed by atoms with van der Waals surface area (Å²) >= 11 is 0. The van der Waals surface area contributed by atoms with Gasteiger partial charge in [0.15, 0.2) is 24.6 Å². The van der Waals surface area contributed by atoms with Crippen LogP contribution in [0.1, 0.15) is 27.7 Å². The van der Waals surface area contributed by atoms with E-state index in [2.05, 4.69) is 0 Å². The van der Waals surface area contributed by atoms with E-state index in [9.17, 15) is 19.2 Å². The van der Waals surface area contributed by atoms with E-state index in [1.165, 1.54) is 70.4 Å². The molecule has 16 nitrogen and oxygen atoms in total. The number of ether oxygens (including phenoxy) is 12. The van der Waals surface area contributed by atoms with Crippen LogP contribution in [-0.4, -0.2) is 148 Å². The predicted molar refractivity (Wildman–Crippen MR) is 144 cm³/mol. The lowest BCUT2D eigenvalue weighted by Crippen LogP contribution is -2.64. The van der Waals surface area contributed by atoms with Crippen LogP contribution in [0.3, 0.4) is 0 Å². The minimum absolute atomic E-state index is 0.110. The van der Waals surface area contributed by atoms with Crippen LogP contribution in [0.5, 0.6) is 0 Å². The van der Waals surface area contributed by atoms with Crippen molar-refractivity contribution in [2.45, 2.75) is 88.9 Å². The van der Waals surface area contributed by atoms with Gasteiger partial charge >= 0.3 is 23.9 Å². The summed E-state index contributed by atoms with van der Waals surface area (Å²) < 4.78 is 67.1. The molecule has 43 heavy (non-hydrogen) atoms. The first-order valence-corrected chi connectivity index (χ1v) is 13.4. The average Bonchev–Trinajstić information content (AvgIpc) is 2.93. The molecule has 0 amide bonds. The van der Waals surface area contributed by atoms with Crippen LogP contribution < -0.4 is 0 Å². The van der Waals surface area contributed by atoms with E-state index in [1.807, 2.05) is 0 Å². The van der Waals surface area contributed by atoms with E-state index in [4.69, 9.17) is 56.8 Å². The van der Waals surface area contributed by atoms with Gasteiger partial charge in [-0.05, 0) is 0 Å². The van der Waals surface area contributed by atoms with Gasteiger partial charge in [-0.1, -0.05) is 0 Å². The summed E-state index contributed by atoms with van der Waals surface area (Å²) in [4.78, 5) is 47.4. The minimum atomic E-state index is -1.22. The van der Waals surface area contributed by atoms with Crippen molar-refractivity contribution >= 4 is 23.9 Å². The second-order valence-electron chi connectivity index (χ2n) is 9.51. The van der Waals surface area contributed by atoms with Gasteiger partial charge in [0.25, 0.3) is 0 Å². The summed E-state index contributed by atoms with van der Waals surface area (Å²) in [7, 11) is 8.31. The lowest BCUT2D eigenvalue weighted by molar-refractivity contribution is -0.326. The van der Waals surface area contributed by atoms with Crippen molar-refractivity contribution in [3.8, 4) is 0 Å². The van der Waals surface area contributed by atoms with Crippen LogP contribution in [0.4, 0.5) is 0 Å². The molecule has 0 saturated carbocycles. The summed E-state index contributed by atoms with van der Waals surface area (Å²) in [5.74, 6) is -2.44. The summed E-state index contributed by atoms with van der Waals surface area (Å²) in [5, 5.41) is 0. The molecule has 0 bridgehead atoms. The number of esters is 4. The van der Waals surface area contributed by atoms with Gasteiger partial charge in [0, 0.05) is 70.4 Å². The molecule has 10 atom stereocenters. The van der Waals surface area contributed by atoms with Crippen molar-refractivity contribution in [1.29, 1.82) is 0 Å². The van der Waals surface area contributed by atoms with Gasteiger partial charge < -0.3 is 56.8 Å². The van der Waals surface area contributed by atoms with Crippen molar-refractivity contribution in [2.24, 2.45) is 0 Å². The standard InChI is InChI=1S/C27H46O16/c1-14(28)38-12-18(33-6)21(34-7)22(35-8)20(41-16(3)30)13-39-27-26(37-10)24(36-9)25(42-17(4)31)23(43-27)19(11-32-5)40-15(2)29/h18-27H,11-13H2,1-10H3/t18-,19+,20+,21+,22+,23+,24-,25+,26-,27-/m0/s1. The van der Waals surface area contributed by atoms with E-state index in [1.54, 1.807) is 0 Å². The Bertz CT molecular complexity index is 868. The van der Waals surface area contributed by atoms with E-state index < -0.39 is 85.1 Å². The number of hydrogen-bond donors (Lipinski definition) is 0. The first-order valence-electron chi connectivity index (χ1n) is 13.4. The van der Waals surface area contributed by atoms with Gasteiger partial charge in [-0.15, -0.1) is 0 Å². The third kappa shape index (κ3) is 11.9. The molecule has 250 valence electrons. The molecule has 0 aromatic rings. The highest BCUT2D eigenvalue weighted by Crippen LogP contribution is 2.32. The first-order chi connectivity index (χ1) is 20.4. The third-order valence-electron chi connectivity index (χ3n) is 6.49. The quantitative estimate of drug-likeness (QED) is 0.136. The molecular weight excluding hydrogens is 580 g/mol. The molecule has 0 aromatic heterocycles. The second-order valence-corrected chi connectivity index (χ2v) is 9.51. The Morgan fingerprint density at radius 3 is 1.65 bits per heavy atom. The molecule has 1 aliphatic rings. The van der Waals surface area contributed by atoms with Crippen LogP contribution >= 0.6 is 0 Å². The van der Waals surface area contributed by atoms with E-state index >= 15 is 0 Å². The monoisotopic (exact) mass is 626 g/mol. The minimum Gasteiger partial charge on any atom is -0.463 e. The number of hydrogen-bond acceptors (Lipinski definition) is 16. The largest absolute Gasteiger partial charge is 0.463 e. The Hall–Kier alpha value is -2.44. The highest BCUT2D eigenvalue weighted by Gasteiger charge is 2.53. The molecule has 1 rings (SSSR count). The Morgan fingerprint density at radius 1 is 0.628 bits per heavy atom. The normalized spacial score (nSPS) is 25.5. The van der Waals surface area contributed by atoms with E-state index in [0.29, 0.717) is 0 Å². The Balaban J connectivity index is 3.41.